The number of aromatic nitrogens is 2. The Hall–Kier alpha value is -2.37. The number of hydrogen-bond donors (Lipinski definition) is 1. The number of hydrogen-bond acceptors (Lipinski definition) is 4. The molecule has 2 aromatic rings. The number of benzene rings is 1. The van der Waals surface area contributed by atoms with Crippen LogP contribution < -0.4 is 5.32 Å². The Bertz CT molecular complexity index is 745. The van der Waals surface area contributed by atoms with Gasteiger partial charge >= 0.3 is 5.97 Å². The van der Waals surface area contributed by atoms with Crippen LogP contribution in [0.5, 0.6) is 0 Å². The van der Waals surface area contributed by atoms with Crippen LogP contribution in [0.25, 0.3) is 10.9 Å². The monoisotopic (exact) mass is 329 g/mol. The van der Waals surface area contributed by atoms with Gasteiger partial charge in [-0.15, -0.1) is 0 Å². The van der Waals surface area contributed by atoms with Crippen molar-refractivity contribution in [2.75, 3.05) is 7.11 Å². The largest absolute Gasteiger partial charge is 0.469 e. The van der Waals surface area contributed by atoms with Crippen molar-refractivity contribution in [3.63, 3.8) is 0 Å². The van der Waals surface area contributed by atoms with Gasteiger partial charge in [0.1, 0.15) is 5.69 Å². The van der Waals surface area contributed by atoms with Crippen molar-refractivity contribution in [3.8, 4) is 0 Å². The first-order valence-electron chi connectivity index (χ1n) is 8.48. The molecule has 0 spiro atoms. The van der Waals surface area contributed by atoms with Crippen LogP contribution in [-0.4, -0.2) is 34.8 Å². The highest BCUT2D eigenvalue weighted by Gasteiger charge is 2.28. The molecule has 0 radical (unpaired) electrons. The molecule has 3 rings (SSSR count). The smallest absolute Gasteiger partial charge is 0.308 e. The van der Waals surface area contributed by atoms with Gasteiger partial charge in [-0.25, -0.2) is 0 Å². The van der Waals surface area contributed by atoms with E-state index in [-0.39, 0.29) is 23.8 Å². The highest BCUT2D eigenvalue weighted by atomic mass is 16.5. The summed E-state index contributed by atoms with van der Waals surface area (Å²) in [5.74, 6) is -0.271. The molecule has 1 aromatic carbocycles. The summed E-state index contributed by atoms with van der Waals surface area (Å²) in [6, 6.07) is 7.78. The number of carbonyl (C=O) groups is 2. The molecule has 1 N–H and O–H groups in total. The van der Waals surface area contributed by atoms with Crippen LogP contribution in [0, 0.1) is 5.92 Å². The number of nitrogens with zero attached hydrogens (tertiary/aromatic N) is 2. The number of methoxy groups -OCH3 is 1. The van der Waals surface area contributed by atoms with Gasteiger partial charge in [-0.2, -0.15) is 5.10 Å². The van der Waals surface area contributed by atoms with E-state index < -0.39 is 0 Å². The van der Waals surface area contributed by atoms with Gasteiger partial charge in [0.25, 0.3) is 5.91 Å². The highest BCUT2D eigenvalue weighted by Crippen LogP contribution is 2.26. The van der Waals surface area contributed by atoms with E-state index >= 15 is 0 Å². The Morgan fingerprint density at radius 1 is 1.25 bits per heavy atom. The summed E-state index contributed by atoms with van der Waals surface area (Å²) in [6.07, 6.45) is 3.10. The van der Waals surface area contributed by atoms with Crippen molar-refractivity contribution in [2.24, 2.45) is 5.92 Å². The number of carbonyl (C=O) groups excluding carboxylic acids is 2. The minimum Gasteiger partial charge on any atom is -0.469 e. The van der Waals surface area contributed by atoms with E-state index in [9.17, 15) is 9.59 Å². The first-order chi connectivity index (χ1) is 11.6. The van der Waals surface area contributed by atoms with E-state index in [2.05, 4.69) is 10.4 Å². The summed E-state index contributed by atoms with van der Waals surface area (Å²) in [7, 11) is 1.42. The highest BCUT2D eigenvalue weighted by molar-refractivity contribution is 6.05. The maximum Gasteiger partial charge on any atom is 0.308 e. The minimum absolute atomic E-state index is 0.0369. The van der Waals surface area contributed by atoms with E-state index in [1.54, 1.807) is 4.68 Å². The second kappa shape index (κ2) is 7.03. The molecule has 1 aromatic heterocycles. The molecule has 24 heavy (non-hydrogen) atoms. The van der Waals surface area contributed by atoms with E-state index in [4.69, 9.17) is 4.74 Å². The topological polar surface area (TPSA) is 73.2 Å². The van der Waals surface area contributed by atoms with Crippen LogP contribution >= 0.6 is 0 Å². The summed E-state index contributed by atoms with van der Waals surface area (Å²) >= 11 is 0. The van der Waals surface area contributed by atoms with E-state index in [0.717, 1.165) is 36.6 Å². The molecule has 128 valence electrons. The van der Waals surface area contributed by atoms with Crippen LogP contribution in [0.1, 0.15) is 43.1 Å². The van der Waals surface area contributed by atoms with Gasteiger partial charge < -0.3 is 10.1 Å². The van der Waals surface area contributed by atoms with Crippen molar-refractivity contribution < 1.29 is 14.3 Å². The third-order valence-corrected chi connectivity index (χ3v) is 4.76. The predicted octanol–water partition coefficient (Wildman–Crippen LogP) is 2.52. The Labute approximate surface area is 141 Å². The van der Waals surface area contributed by atoms with Gasteiger partial charge in [0.05, 0.1) is 18.5 Å². The number of ether oxygens (including phenoxy) is 1. The summed E-state index contributed by atoms with van der Waals surface area (Å²) in [4.78, 5) is 24.4. The zero-order valence-electron chi connectivity index (χ0n) is 14.1. The molecule has 0 aliphatic heterocycles. The van der Waals surface area contributed by atoms with Gasteiger partial charge in [-0.3, -0.25) is 14.3 Å². The zero-order chi connectivity index (χ0) is 17.1. The number of amides is 1. The molecule has 1 saturated carbocycles. The number of rotatable bonds is 4. The number of fused-ring (bicyclic) bond motifs is 1. The van der Waals surface area contributed by atoms with Crippen molar-refractivity contribution in [1.82, 2.24) is 15.1 Å². The summed E-state index contributed by atoms with van der Waals surface area (Å²) in [5.41, 5.74) is 1.45. The zero-order valence-corrected chi connectivity index (χ0v) is 14.1. The van der Waals surface area contributed by atoms with Gasteiger partial charge in [-0.1, -0.05) is 18.2 Å². The van der Waals surface area contributed by atoms with Gasteiger partial charge in [0.15, 0.2) is 0 Å². The van der Waals surface area contributed by atoms with Crippen LogP contribution in [0.15, 0.2) is 24.3 Å². The lowest BCUT2D eigenvalue weighted by Crippen LogP contribution is -2.39. The van der Waals surface area contributed by atoms with Crippen LogP contribution in [-0.2, 0) is 16.1 Å². The summed E-state index contributed by atoms with van der Waals surface area (Å²) in [6.45, 7) is 2.62. The molecular formula is C18H23N3O3. The predicted molar refractivity (Wildman–Crippen MR) is 90.6 cm³/mol. The van der Waals surface area contributed by atoms with Gasteiger partial charge in [0.2, 0.25) is 0 Å². The normalized spacial score (nSPS) is 20.8. The Morgan fingerprint density at radius 3 is 2.62 bits per heavy atom. The maximum absolute atomic E-state index is 12.8. The van der Waals surface area contributed by atoms with Crippen molar-refractivity contribution in [1.29, 1.82) is 0 Å². The minimum atomic E-state index is -0.144. The Balaban J connectivity index is 1.71. The lowest BCUT2D eigenvalue weighted by molar-refractivity contribution is -0.146. The standard InChI is InChI=1S/C18H23N3O3/c1-3-21-16(14-6-4-5-7-15(14)20-21)17(22)19-13-10-8-12(9-11-13)18(23)24-2/h4-7,12-13H,3,8-11H2,1-2H3,(H,19,22). The summed E-state index contributed by atoms with van der Waals surface area (Å²) < 4.78 is 6.56. The van der Waals surface area contributed by atoms with E-state index in [1.807, 2.05) is 31.2 Å². The maximum atomic E-state index is 12.8. The van der Waals surface area contributed by atoms with Crippen molar-refractivity contribution in [2.45, 2.75) is 45.2 Å². The third-order valence-electron chi connectivity index (χ3n) is 4.76. The molecule has 0 bridgehead atoms. The average Bonchev–Trinajstić information content (AvgIpc) is 3.00. The summed E-state index contributed by atoms with van der Waals surface area (Å²) in [5, 5.41) is 8.48. The molecule has 0 atom stereocenters. The lowest BCUT2D eigenvalue weighted by atomic mass is 9.86. The number of nitrogens with one attached hydrogen (secondary N) is 1. The van der Waals surface area contributed by atoms with E-state index in [1.165, 1.54) is 7.11 Å². The molecule has 1 heterocycles. The number of aryl methyl sites for hydroxylation is 1. The Kier molecular flexibility index (Phi) is 4.83. The molecular weight excluding hydrogens is 306 g/mol. The molecule has 1 aliphatic rings. The fraction of sp³-hybridized carbons (Fsp3) is 0.500. The molecule has 0 saturated heterocycles. The van der Waals surface area contributed by atoms with Crippen molar-refractivity contribution >= 4 is 22.8 Å². The molecule has 1 fully saturated rings. The van der Waals surface area contributed by atoms with Crippen LogP contribution in [0.3, 0.4) is 0 Å². The average molecular weight is 329 g/mol. The van der Waals surface area contributed by atoms with Gasteiger partial charge in [0, 0.05) is 18.0 Å². The Morgan fingerprint density at radius 2 is 1.96 bits per heavy atom. The fourth-order valence-corrected chi connectivity index (χ4v) is 3.44. The molecule has 6 heteroatoms. The SMILES string of the molecule is CCn1nc2ccccc2c1C(=O)NC1CCC(C(=O)OC)CC1. The van der Waals surface area contributed by atoms with Gasteiger partial charge in [-0.05, 0) is 38.7 Å². The number of esters is 1. The van der Waals surface area contributed by atoms with Crippen molar-refractivity contribution in [3.05, 3.63) is 30.0 Å². The van der Waals surface area contributed by atoms with Crippen LogP contribution in [0.2, 0.25) is 0 Å². The molecule has 1 aliphatic carbocycles. The second-order valence-corrected chi connectivity index (χ2v) is 6.23. The third kappa shape index (κ3) is 3.13. The second-order valence-electron chi connectivity index (χ2n) is 6.23. The first kappa shape index (κ1) is 16.5. The molecule has 1 amide bonds. The quantitative estimate of drug-likeness (QED) is 0.875. The van der Waals surface area contributed by atoms with Crippen LogP contribution in [0.4, 0.5) is 0 Å². The van der Waals surface area contributed by atoms with E-state index in [0.29, 0.717) is 12.2 Å². The molecule has 6 nitrogen and oxygen atoms in total. The first-order valence-corrected chi connectivity index (χ1v) is 8.48. The fourth-order valence-electron chi connectivity index (χ4n) is 3.44. The lowest BCUT2D eigenvalue weighted by Gasteiger charge is -2.27. The molecule has 0 unspecified atom stereocenters.